The molecule has 4 rings (SSSR count). The van der Waals surface area contributed by atoms with Crippen LogP contribution in [0.1, 0.15) is 12.0 Å². The Morgan fingerprint density at radius 1 is 1.00 bits per heavy atom. The van der Waals surface area contributed by atoms with E-state index in [0.29, 0.717) is 17.9 Å². The second-order valence-electron chi connectivity index (χ2n) is 7.95. The molecule has 0 aromatic heterocycles. The van der Waals surface area contributed by atoms with Crippen molar-refractivity contribution in [3.05, 3.63) is 66.2 Å². The lowest BCUT2D eigenvalue weighted by Gasteiger charge is -2.31. The maximum absolute atomic E-state index is 13.0. The number of hydrogen-bond acceptors (Lipinski definition) is 3. The molecule has 2 heterocycles. The topological polar surface area (TPSA) is 55.5 Å². The molecular formula is C24H29N3O3+2. The summed E-state index contributed by atoms with van der Waals surface area (Å²) in [7, 11) is 1.60. The summed E-state index contributed by atoms with van der Waals surface area (Å²) in [5, 5.41) is 0. The highest BCUT2D eigenvalue weighted by molar-refractivity contribution is 6.21. The number of amides is 2. The van der Waals surface area contributed by atoms with E-state index in [4.69, 9.17) is 4.74 Å². The molecule has 0 saturated carbocycles. The number of rotatable bonds is 6. The Morgan fingerprint density at radius 3 is 2.37 bits per heavy atom. The van der Waals surface area contributed by atoms with E-state index in [9.17, 15) is 9.59 Å². The summed E-state index contributed by atoms with van der Waals surface area (Å²) in [4.78, 5) is 29.7. The molecule has 0 spiro atoms. The number of benzene rings is 2. The van der Waals surface area contributed by atoms with Gasteiger partial charge in [0.15, 0.2) is 6.04 Å². The molecule has 0 unspecified atom stereocenters. The predicted octanol–water partition coefficient (Wildman–Crippen LogP) is -0.176. The zero-order valence-electron chi connectivity index (χ0n) is 17.3. The van der Waals surface area contributed by atoms with Crippen LogP contribution in [0.15, 0.2) is 60.7 Å². The van der Waals surface area contributed by atoms with Gasteiger partial charge in [-0.2, -0.15) is 0 Å². The number of methoxy groups -OCH3 is 1. The fraction of sp³-hybridized carbons (Fsp3) is 0.333. The fourth-order valence-electron chi connectivity index (χ4n) is 4.36. The molecule has 2 aromatic rings. The van der Waals surface area contributed by atoms with E-state index in [1.165, 1.54) is 20.3 Å². The lowest BCUT2D eigenvalue weighted by atomic mass is 10.1. The van der Waals surface area contributed by atoms with Crippen LogP contribution in [-0.4, -0.2) is 57.7 Å². The second-order valence-corrected chi connectivity index (χ2v) is 7.95. The minimum Gasteiger partial charge on any atom is -0.497 e. The van der Waals surface area contributed by atoms with Crippen molar-refractivity contribution in [2.75, 3.05) is 44.7 Å². The highest BCUT2D eigenvalue weighted by Gasteiger charge is 2.46. The first-order valence-corrected chi connectivity index (χ1v) is 10.6. The molecule has 2 fully saturated rings. The van der Waals surface area contributed by atoms with Crippen LogP contribution in [0.5, 0.6) is 5.75 Å². The van der Waals surface area contributed by atoms with Crippen LogP contribution in [0.4, 0.5) is 5.69 Å². The molecule has 6 heteroatoms. The van der Waals surface area contributed by atoms with Crippen molar-refractivity contribution in [3.63, 3.8) is 0 Å². The Kier molecular flexibility index (Phi) is 6.26. The molecule has 2 aliphatic rings. The van der Waals surface area contributed by atoms with Gasteiger partial charge in [0.2, 0.25) is 5.91 Å². The summed E-state index contributed by atoms with van der Waals surface area (Å²) < 4.78 is 5.17. The smallest absolute Gasteiger partial charge is 0.292 e. The van der Waals surface area contributed by atoms with Crippen LogP contribution in [0, 0.1) is 0 Å². The van der Waals surface area contributed by atoms with Crippen molar-refractivity contribution in [3.8, 4) is 5.75 Å². The number of imide groups is 1. The highest BCUT2D eigenvalue weighted by atomic mass is 16.5. The van der Waals surface area contributed by atoms with Gasteiger partial charge >= 0.3 is 0 Å². The monoisotopic (exact) mass is 407 g/mol. The van der Waals surface area contributed by atoms with Crippen molar-refractivity contribution in [2.45, 2.75) is 12.5 Å². The predicted molar refractivity (Wildman–Crippen MR) is 116 cm³/mol. The Balaban J connectivity index is 1.31. The van der Waals surface area contributed by atoms with Gasteiger partial charge < -0.3 is 14.5 Å². The minimum atomic E-state index is -0.263. The quantitative estimate of drug-likeness (QED) is 0.654. The number of carbonyl (C=O) groups excluding carboxylic acids is 2. The van der Waals surface area contributed by atoms with E-state index in [1.54, 1.807) is 31.4 Å². The number of nitrogens with one attached hydrogen (secondary N) is 2. The zero-order valence-corrected chi connectivity index (χ0v) is 17.3. The molecule has 1 atom stereocenters. The molecule has 0 radical (unpaired) electrons. The van der Waals surface area contributed by atoms with Crippen LogP contribution in [0.3, 0.4) is 0 Å². The van der Waals surface area contributed by atoms with Crippen molar-refractivity contribution in [1.82, 2.24) is 0 Å². The molecule has 2 aliphatic heterocycles. The lowest BCUT2D eigenvalue weighted by molar-refractivity contribution is -1.02. The number of nitrogens with zero attached hydrogens (tertiary/aromatic N) is 1. The molecular weight excluding hydrogens is 378 g/mol. The molecule has 30 heavy (non-hydrogen) atoms. The van der Waals surface area contributed by atoms with E-state index < -0.39 is 0 Å². The molecule has 6 nitrogen and oxygen atoms in total. The minimum absolute atomic E-state index is 0.0763. The average Bonchev–Trinajstić information content (AvgIpc) is 3.09. The zero-order chi connectivity index (χ0) is 20.9. The highest BCUT2D eigenvalue weighted by Crippen LogP contribution is 2.24. The van der Waals surface area contributed by atoms with Gasteiger partial charge in [-0.1, -0.05) is 36.4 Å². The maximum Gasteiger partial charge on any atom is 0.292 e. The van der Waals surface area contributed by atoms with Crippen LogP contribution in [-0.2, 0) is 9.59 Å². The third kappa shape index (κ3) is 4.45. The molecule has 2 amide bonds. The number of carbonyl (C=O) groups is 2. The van der Waals surface area contributed by atoms with E-state index in [2.05, 4.69) is 24.3 Å². The van der Waals surface area contributed by atoms with Crippen molar-refractivity contribution in [1.29, 1.82) is 0 Å². The standard InChI is InChI=1S/C24H27N3O3/c1-30-21-11-9-20(10-12-21)27-23(28)18-22(24(27)29)26-16-14-25(15-17-26)13-5-8-19-6-3-2-4-7-19/h2-12,22H,13-18H2,1H3/p+2/b8-5+/t22-/m0/s1. The van der Waals surface area contributed by atoms with Gasteiger partial charge in [0.1, 0.15) is 31.9 Å². The van der Waals surface area contributed by atoms with Gasteiger partial charge in [-0.3, -0.25) is 9.59 Å². The second kappa shape index (κ2) is 9.24. The van der Waals surface area contributed by atoms with Crippen LogP contribution < -0.4 is 19.4 Å². The Hall–Kier alpha value is -2.96. The van der Waals surface area contributed by atoms with Gasteiger partial charge in [0.25, 0.3) is 5.91 Å². The molecule has 2 N–H and O–H groups in total. The van der Waals surface area contributed by atoms with Gasteiger partial charge in [0, 0.05) is 0 Å². The van der Waals surface area contributed by atoms with Crippen LogP contribution in [0.2, 0.25) is 0 Å². The van der Waals surface area contributed by atoms with Crippen molar-refractivity contribution >= 4 is 23.6 Å². The number of ether oxygens (including phenoxy) is 1. The largest absolute Gasteiger partial charge is 0.497 e. The third-order valence-corrected chi connectivity index (χ3v) is 6.09. The molecule has 2 saturated heterocycles. The molecule has 0 bridgehead atoms. The molecule has 0 aliphatic carbocycles. The van der Waals surface area contributed by atoms with Gasteiger partial charge in [-0.15, -0.1) is 0 Å². The summed E-state index contributed by atoms with van der Waals surface area (Å²) >= 11 is 0. The number of piperazine rings is 1. The summed E-state index contributed by atoms with van der Waals surface area (Å²) in [6.07, 6.45) is 4.69. The van der Waals surface area contributed by atoms with Gasteiger partial charge in [0.05, 0.1) is 25.8 Å². The van der Waals surface area contributed by atoms with Crippen molar-refractivity contribution < 1.29 is 24.1 Å². The van der Waals surface area contributed by atoms with Crippen LogP contribution >= 0.6 is 0 Å². The SMILES string of the molecule is COc1ccc(N2C(=O)C[C@H]([NH+]3CC[NH+](C/C=C/c4ccccc4)CC3)C2=O)cc1. The Morgan fingerprint density at radius 2 is 1.70 bits per heavy atom. The summed E-state index contributed by atoms with van der Waals surface area (Å²) in [5.41, 5.74) is 1.85. The summed E-state index contributed by atoms with van der Waals surface area (Å²) in [5.74, 6) is 0.524. The summed E-state index contributed by atoms with van der Waals surface area (Å²) in [6, 6.07) is 17.2. The summed E-state index contributed by atoms with van der Waals surface area (Å²) in [6.45, 7) is 4.82. The first-order valence-electron chi connectivity index (χ1n) is 10.6. The number of hydrogen-bond donors (Lipinski definition) is 2. The van der Waals surface area contributed by atoms with Gasteiger partial charge in [-0.05, 0) is 35.9 Å². The fourth-order valence-corrected chi connectivity index (χ4v) is 4.36. The van der Waals surface area contributed by atoms with E-state index in [-0.39, 0.29) is 17.9 Å². The average molecular weight is 408 g/mol. The Bertz CT molecular complexity index is 903. The lowest BCUT2D eigenvalue weighted by Crippen LogP contribution is -3.30. The van der Waals surface area contributed by atoms with E-state index in [1.807, 2.05) is 18.2 Å². The third-order valence-electron chi connectivity index (χ3n) is 6.09. The first kappa shape index (κ1) is 20.3. The van der Waals surface area contributed by atoms with E-state index >= 15 is 0 Å². The number of quaternary nitrogens is 2. The van der Waals surface area contributed by atoms with Crippen LogP contribution in [0.25, 0.3) is 6.08 Å². The first-order chi connectivity index (χ1) is 14.7. The normalized spacial score (nSPS) is 24.6. The maximum atomic E-state index is 13.0. The molecule has 156 valence electrons. The van der Waals surface area contributed by atoms with Crippen molar-refractivity contribution in [2.24, 2.45) is 0 Å². The Labute approximate surface area is 177 Å². The van der Waals surface area contributed by atoms with Gasteiger partial charge in [-0.25, -0.2) is 4.90 Å². The van der Waals surface area contributed by atoms with E-state index in [0.717, 1.165) is 32.7 Å². The number of anilines is 1. The molecule has 2 aromatic carbocycles.